The van der Waals surface area contributed by atoms with Crippen LogP contribution in [-0.2, 0) is 11.3 Å². The van der Waals surface area contributed by atoms with Crippen LogP contribution in [0.4, 0.5) is 0 Å². The lowest BCUT2D eigenvalue weighted by atomic mass is 10.0. The fourth-order valence-electron chi connectivity index (χ4n) is 2.67. The van der Waals surface area contributed by atoms with Gasteiger partial charge in [-0.25, -0.2) is 0 Å². The first-order chi connectivity index (χ1) is 10.0. The second-order valence-electron chi connectivity index (χ2n) is 5.97. The van der Waals surface area contributed by atoms with E-state index in [1.54, 1.807) is 7.11 Å². The van der Waals surface area contributed by atoms with Crippen molar-refractivity contribution in [2.45, 2.75) is 25.9 Å². The molecule has 4 nitrogen and oxygen atoms in total. The molecular weight excluding hydrogens is 288 g/mol. The van der Waals surface area contributed by atoms with E-state index in [1.165, 1.54) is 0 Å². The zero-order chi connectivity index (χ0) is 15.3. The van der Waals surface area contributed by atoms with Crippen molar-refractivity contribution in [3.8, 4) is 5.75 Å². The summed E-state index contributed by atoms with van der Waals surface area (Å²) in [6.07, 6.45) is 0. The number of nitrogens with zero attached hydrogens (tertiary/aromatic N) is 1. The van der Waals surface area contributed by atoms with E-state index in [0.717, 1.165) is 55.7 Å². The van der Waals surface area contributed by atoms with E-state index in [-0.39, 0.29) is 5.54 Å². The minimum atomic E-state index is 0.107. The quantitative estimate of drug-likeness (QED) is 0.875. The first-order valence-electron chi connectivity index (χ1n) is 7.39. The van der Waals surface area contributed by atoms with E-state index in [0.29, 0.717) is 0 Å². The predicted molar refractivity (Wildman–Crippen MR) is 86.2 cm³/mol. The summed E-state index contributed by atoms with van der Waals surface area (Å²) in [6.45, 7) is 9.82. The van der Waals surface area contributed by atoms with Gasteiger partial charge in [-0.2, -0.15) is 0 Å². The van der Waals surface area contributed by atoms with Gasteiger partial charge >= 0.3 is 0 Å². The molecule has 0 spiro atoms. The second-order valence-corrected chi connectivity index (χ2v) is 6.41. The molecule has 0 unspecified atom stereocenters. The van der Waals surface area contributed by atoms with E-state index >= 15 is 0 Å². The Bertz CT molecular complexity index is 460. The molecule has 1 aliphatic rings. The molecule has 1 fully saturated rings. The Hall–Kier alpha value is -0.810. The summed E-state index contributed by atoms with van der Waals surface area (Å²) in [6, 6.07) is 5.71. The number of nitrogens with one attached hydrogen (secondary N) is 1. The van der Waals surface area contributed by atoms with Gasteiger partial charge < -0.3 is 14.8 Å². The first-order valence-corrected chi connectivity index (χ1v) is 7.76. The van der Waals surface area contributed by atoms with Crippen molar-refractivity contribution < 1.29 is 9.47 Å². The smallest absolute Gasteiger partial charge is 0.123 e. The van der Waals surface area contributed by atoms with Crippen molar-refractivity contribution in [2.24, 2.45) is 0 Å². The van der Waals surface area contributed by atoms with Crippen LogP contribution in [0.2, 0.25) is 5.02 Å². The Morgan fingerprint density at radius 2 is 2.05 bits per heavy atom. The van der Waals surface area contributed by atoms with E-state index in [9.17, 15) is 0 Å². The number of halogens is 1. The van der Waals surface area contributed by atoms with Crippen LogP contribution in [0.25, 0.3) is 0 Å². The highest BCUT2D eigenvalue weighted by atomic mass is 35.5. The molecule has 1 aromatic rings. The lowest BCUT2D eigenvalue weighted by Gasteiger charge is -2.41. The summed E-state index contributed by atoms with van der Waals surface area (Å²) < 4.78 is 10.8. The Balaban J connectivity index is 1.89. The molecule has 0 aromatic heterocycles. The number of methoxy groups -OCH3 is 1. The molecule has 1 aromatic carbocycles. The summed E-state index contributed by atoms with van der Waals surface area (Å²) >= 11 is 6.06. The number of benzene rings is 1. The largest absolute Gasteiger partial charge is 0.496 e. The Morgan fingerprint density at radius 1 is 1.33 bits per heavy atom. The number of hydrogen-bond acceptors (Lipinski definition) is 4. The lowest BCUT2D eigenvalue weighted by Crippen LogP contribution is -2.54. The monoisotopic (exact) mass is 312 g/mol. The van der Waals surface area contributed by atoms with Crippen LogP contribution in [0.5, 0.6) is 5.75 Å². The molecule has 1 saturated heterocycles. The maximum absolute atomic E-state index is 6.06. The molecule has 5 heteroatoms. The molecule has 1 heterocycles. The van der Waals surface area contributed by atoms with Gasteiger partial charge in [0.2, 0.25) is 0 Å². The third-order valence-corrected chi connectivity index (χ3v) is 4.22. The van der Waals surface area contributed by atoms with Crippen molar-refractivity contribution in [3.63, 3.8) is 0 Å². The summed E-state index contributed by atoms with van der Waals surface area (Å²) in [5.74, 6) is 0.871. The van der Waals surface area contributed by atoms with Gasteiger partial charge in [-0.1, -0.05) is 11.6 Å². The number of rotatable bonds is 6. The van der Waals surface area contributed by atoms with Crippen LogP contribution < -0.4 is 10.1 Å². The molecule has 0 radical (unpaired) electrons. The minimum Gasteiger partial charge on any atom is -0.496 e. The highest BCUT2D eigenvalue weighted by Gasteiger charge is 2.27. The number of ether oxygens (including phenoxy) is 2. The number of hydrogen-bond donors (Lipinski definition) is 1. The van der Waals surface area contributed by atoms with E-state index in [1.807, 2.05) is 18.2 Å². The Kier molecular flexibility index (Phi) is 5.88. The molecule has 0 atom stereocenters. The maximum Gasteiger partial charge on any atom is 0.123 e. The minimum absolute atomic E-state index is 0.107. The zero-order valence-corrected chi connectivity index (χ0v) is 13.9. The molecule has 0 amide bonds. The normalized spacial score (nSPS) is 17.0. The summed E-state index contributed by atoms with van der Waals surface area (Å²) in [4.78, 5) is 2.47. The van der Waals surface area contributed by atoms with Crippen LogP contribution in [-0.4, -0.2) is 50.4 Å². The van der Waals surface area contributed by atoms with Crippen LogP contribution in [0.3, 0.4) is 0 Å². The van der Waals surface area contributed by atoms with Crippen LogP contribution in [0.1, 0.15) is 19.4 Å². The van der Waals surface area contributed by atoms with E-state index in [2.05, 4.69) is 24.1 Å². The predicted octanol–water partition coefficient (Wildman–Crippen LogP) is 2.55. The highest BCUT2D eigenvalue weighted by molar-refractivity contribution is 6.30. The molecule has 1 N–H and O–H groups in total. The van der Waals surface area contributed by atoms with Crippen LogP contribution >= 0.6 is 11.6 Å². The van der Waals surface area contributed by atoms with Crippen molar-refractivity contribution >= 4 is 11.6 Å². The molecule has 0 bridgehead atoms. The van der Waals surface area contributed by atoms with Gasteiger partial charge in [0.05, 0.1) is 20.3 Å². The van der Waals surface area contributed by atoms with Gasteiger partial charge in [-0.3, -0.25) is 4.90 Å². The average Bonchev–Trinajstić information content (AvgIpc) is 2.48. The maximum atomic E-state index is 6.06. The van der Waals surface area contributed by atoms with Crippen molar-refractivity contribution in [1.82, 2.24) is 10.2 Å². The van der Waals surface area contributed by atoms with Crippen molar-refractivity contribution in [1.29, 1.82) is 0 Å². The van der Waals surface area contributed by atoms with Crippen molar-refractivity contribution in [3.05, 3.63) is 28.8 Å². The molecule has 21 heavy (non-hydrogen) atoms. The SMILES string of the molecule is COc1ccc(Cl)cc1CNCC(C)(C)N1CCOCC1. The van der Waals surface area contributed by atoms with Gasteiger partial charge in [0.1, 0.15) is 5.75 Å². The molecule has 0 saturated carbocycles. The Morgan fingerprint density at radius 3 is 2.71 bits per heavy atom. The molecule has 0 aliphatic carbocycles. The second kappa shape index (κ2) is 7.45. The first kappa shape index (κ1) is 16.6. The third-order valence-electron chi connectivity index (χ3n) is 3.98. The number of morpholine rings is 1. The highest BCUT2D eigenvalue weighted by Crippen LogP contribution is 2.23. The average molecular weight is 313 g/mol. The summed E-state index contributed by atoms with van der Waals surface area (Å²) in [5.41, 5.74) is 1.19. The van der Waals surface area contributed by atoms with Gasteiger partial charge in [-0.15, -0.1) is 0 Å². The van der Waals surface area contributed by atoms with Crippen molar-refractivity contribution in [2.75, 3.05) is 40.0 Å². The van der Waals surface area contributed by atoms with Crippen LogP contribution in [0, 0.1) is 0 Å². The van der Waals surface area contributed by atoms with Gasteiger partial charge in [0.15, 0.2) is 0 Å². The zero-order valence-electron chi connectivity index (χ0n) is 13.1. The van der Waals surface area contributed by atoms with Gasteiger partial charge in [0.25, 0.3) is 0 Å². The molecule has 1 aliphatic heterocycles. The fraction of sp³-hybridized carbons (Fsp3) is 0.625. The molecular formula is C16H25ClN2O2. The Labute approximate surface area is 132 Å². The topological polar surface area (TPSA) is 33.7 Å². The van der Waals surface area contributed by atoms with Gasteiger partial charge in [0, 0.05) is 42.3 Å². The lowest BCUT2D eigenvalue weighted by molar-refractivity contribution is -0.00967. The standard InChI is InChI=1S/C16H25ClN2O2/c1-16(2,19-6-8-21-9-7-19)12-18-11-13-10-14(17)4-5-15(13)20-3/h4-5,10,18H,6-9,11-12H2,1-3H3. The molecule has 118 valence electrons. The van der Waals surface area contributed by atoms with E-state index < -0.39 is 0 Å². The van der Waals surface area contributed by atoms with E-state index in [4.69, 9.17) is 21.1 Å². The van der Waals surface area contributed by atoms with Gasteiger partial charge in [-0.05, 0) is 32.0 Å². The fourth-order valence-corrected chi connectivity index (χ4v) is 2.86. The summed E-state index contributed by atoms with van der Waals surface area (Å²) in [5, 5.41) is 4.26. The summed E-state index contributed by atoms with van der Waals surface area (Å²) in [7, 11) is 1.68. The molecule has 2 rings (SSSR count). The van der Waals surface area contributed by atoms with Crippen LogP contribution in [0.15, 0.2) is 18.2 Å². The third kappa shape index (κ3) is 4.58.